The second kappa shape index (κ2) is 9.84. The largest absolute Gasteiger partial charge is 0.364 e. The Morgan fingerprint density at radius 3 is 2.36 bits per heavy atom. The number of hydrogen-bond donors (Lipinski definition) is 1. The molecule has 0 aliphatic carbocycles. The molecule has 0 spiro atoms. The lowest BCUT2D eigenvalue weighted by Gasteiger charge is -2.07. The molecule has 1 aliphatic rings. The van der Waals surface area contributed by atoms with Gasteiger partial charge in [0, 0.05) is 36.2 Å². The third kappa shape index (κ3) is 4.82. The van der Waals surface area contributed by atoms with Crippen LogP contribution in [0.4, 0.5) is 11.5 Å². The quantitative estimate of drug-likeness (QED) is 0.642. The fourth-order valence-corrected chi connectivity index (χ4v) is 2.61. The van der Waals surface area contributed by atoms with E-state index in [1.165, 1.54) is 10.6 Å². The highest BCUT2D eigenvalue weighted by Crippen LogP contribution is 2.27. The van der Waals surface area contributed by atoms with Crippen LogP contribution in [0.2, 0.25) is 5.02 Å². The predicted octanol–water partition coefficient (Wildman–Crippen LogP) is 4.48. The Hall–Kier alpha value is -2.34. The number of aromatic nitrogens is 1. The van der Waals surface area contributed by atoms with E-state index < -0.39 is 4.92 Å². The summed E-state index contributed by atoms with van der Waals surface area (Å²) in [6.45, 7) is 8.98. The molecule has 0 fully saturated rings. The second-order valence-corrected chi connectivity index (χ2v) is 5.28. The normalized spacial score (nSPS) is 11.2. The Labute approximate surface area is 152 Å². The number of nitrogens with one attached hydrogen (secondary N) is 1. The molecule has 3 rings (SSSR count). The van der Waals surface area contributed by atoms with Gasteiger partial charge in [-0.3, -0.25) is 19.5 Å². The molecule has 0 atom stereocenters. The first-order valence-corrected chi connectivity index (χ1v) is 8.83. The lowest BCUT2D eigenvalue weighted by Crippen LogP contribution is -2.23. The van der Waals surface area contributed by atoms with E-state index >= 15 is 0 Å². The molecule has 0 bridgehead atoms. The van der Waals surface area contributed by atoms with Crippen molar-refractivity contribution in [3.63, 3.8) is 0 Å². The molecule has 136 valence electrons. The van der Waals surface area contributed by atoms with Crippen LogP contribution in [-0.2, 0) is 13.0 Å². The number of fused-ring (bicyclic) bond motifs is 1. The number of anilines is 1. The third-order valence-electron chi connectivity index (χ3n) is 3.48. The zero-order chi connectivity index (χ0) is 19.0. The maximum absolute atomic E-state index is 12.4. The topological polar surface area (TPSA) is 77.2 Å². The van der Waals surface area contributed by atoms with E-state index in [4.69, 9.17) is 11.6 Å². The van der Waals surface area contributed by atoms with Crippen molar-refractivity contribution in [1.82, 2.24) is 4.57 Å². The summed E-state index contributed by atoms with van der Waals surface area (Å²) >= 11 is 5.83. The minimum absolute atomic E-state index is 0.0592. The Balaban J connectivity index is 0.000000730. The molecular weight excluding hydrogens is 342 g/mol. The van der Waals surface area contributed by atoms with Crippen LogP contribution in [0.1, 0.15) is 38.8 Å². The number of benzene rings is 1. The predicted molar refractivity (Wildman–Crippen MR) is 103 cm³/mol. The van der Waals surface area contributed by atoms with E-state index in [9.17, 15) is 14.9 Å². The van der Waals surface area contributed by atoms with Crippen molar-refractivity contribution in [1.29, 1.82) is 0 Å². The van der Waals surface area contributed by atoms with Crippen molar-refractivity contribution < 1.29 is 4.92 Å². The molecule has 1 aliphatic heterocycles. The minimum atomic E-state index is -0.463. The van der Waals surface area contributed by atoms with Crippen LogP contribution < -0.4 is 10.9 Å². The standard InChI is InChI=1S/C14H12ClN3O3.2C2H6/c15-11-3-1-9(2-4-11)7-10-8-12(18(20)21)13-16-5-6-17(13)14(10)19;2*1-2/h1-4,8,16H,5-7H2;2*1-2H3. The summed E-state index contributed by atoms with van der Waals surface area (Å²) in [5.41, 5.74) is 1.06. The Morgan fingerprint density at radius 1 is 1.20 bits per heavy atom. The molecule has 0 unspecified atom stereocenters. The van der Waals surface area contributed by atoms with Gasteiger partial charge in [-0.1, -0.05) is 51.4 Å². The van der Waals surface area contributed by atoms with Crippen LogP contribution in [0.25, 0.3) is 0 Å². The van der Waals surface area contributed by atoms with Gasteiger partial charge in [-0.2, -0.15) is 0 Å². The number of pyridine rings is 1. The van der Waals surface area contributed by atoms with E-state index in [-0.39, 0.29) is 11.2 Å². The molecule has 1 aromatic carbocycles. The zero-order valence-corrected chi connectivity index (χ0v) is 15.8. The van der Waals surface area contributed by atoms with Crippen LogP contribution in [0, 0.1) is 10.1 Å². The molecular formula is C18H24ClN3O3. The van der Waals surface area contributed by atoms with Gasteiger partial charge in [-0.25, -0.2) is 0 Å². The zero-order valence-electron chi connectivity index (χ0n) is 15.0. The van der Waals surface area contributed by atoms with Gasteiger partial charge in [-0.15, -0.1) is 0 Å². The van der Waals surface area contributed by atoms with Gasteiger partial charge in [0.1, 0.15) is 0 Å². The smallest absolute Gasteiger partial charge is 0.310 e. The first-order valence-electron chi connectivity index (χ1n) is 8.45. The molecule has 2 heterocycles. The van der Waals surface area contributed by atoms with Crippen molar-refractivity contribution >= 4 is 23.1 Å². The lowest BCUT2D eigenvalue weighted by atomic mass is 10.1. The highest BCUT2D eigenvalue weighted by Gasteiger charge is 2.25. The van der Waals surface area contributed by atoms with Crippen molar-refractivity contribution in [2.24, 2.45) is 0 Å². The number of rotatable bonds is 3. The highest BCUT2D eigenvalue weighted by molar-refractivity contribution is 6.30. The Bertz CT molecular complexity index is 770. The van der Waals surface area contributed by atoms with Gasteiger partial charge in [0.15, 0.2) is 5.82 Å². The molecule has 7 heteroatoms. The van der Waals surface area contributed by atoms with E-state index in [0.717, 1.165) is 5.56 Å². The van der Waals surface area contributed by atoms with Gasteiger partial charge in [0.2, 0.25) is 0 Å². The van der Waals surface area contributed by atoms with Crippen LogP contribution in [0.3, 0.4) is 0 Å². The molecule has 1 N–H and O–H groups in total. The fraction of sp³-hybridized carbons (Fsp3) is 0.389. The molecule has 2 aromatic rings. The van der Waals surface area contributed by atoms with Crippen LogP contribution in [-0.4, -0.2) is 16.0 Å². The number of nitro groups is 1. The van der Waals surface area contributed by atoms with Gasteiger partial charge < -0.3 is 5.32 Å². The van der Waals surface area contributed by atoms with Crippen molar-refractivity contribution in [2.45, 2.75) is 40.7 Å². The average Bonchev–Trinajstić information content (AvgIpc) is 3.12. The summed E-state index contributed by atoms with van der Waals surface area (Å²) in [6, 6.07) is 8.45. The highest BCUT2D eigenvalue weighted by atomic mass is 35.5. The molecule has 0 saturated carbocycles. The molecule has 25 heavy (non-hydrogen) atoms. The van der Waals surface area contributed by atoms with Gasteiger partial charge >= 0.3 is 5.69 Å². The van der Waals surface area contributed by atoms with Crippen LogP contribution in [0.5, 0.6) is 0 Å². The van der Waals surface area contributed by atoms with Gasteiger partial charge in [0.25, 0.3) is 5.56 Å². The van der Waals surface area contributed by atoms with E-state index in [2.05, 4.69) is 5.32 Å². The summed E-state index contributed by atoms with van der Waals surface area (Å²) in [5, 5.41) is 14.7. The van der Waals surface area contributed by atoms with E-state index in [0.29, 0.717) is 35.9 Å². The summed E-state index contributed by atoms with van der Waals surface area (Å²) in [6.07, 6.45) is 0.344. The third-order valence-corrected chi connectivity index (χ3v) is 3.73. The van der Waals surface area contributed by atoms with Gasteiger partial charge in [-0.05, 0) is 17.7 Å². The number of halogens is 1. The van der Waals surface area contributed by atoms with E-state index in [1.54, 1.807) is 12.1 Å². The SMILES string of the molecule is CC.CC.O=c1c(Cc2ccc(Cl)cc2)cc([N+](=O)[O-])c2n1CCN2. The Kier molecular flexibility index (Phi) is 8.15. The van der Waals surface area contributed by atoms with Crippen molar-refractivity contribution in [3.8, 4) is 0 Å². The monoisotopic (exact) mass is 365 g/mol. The van der Waals surface area contributed by atoms with Crippen LogP contribution >= 0.6 is 11.6 Å². The fourth-order valence-electron chi connectivity index (χ4n) is 2.48. The summed E-state index contributed by atoms with van der Waals surface area (Å²) in [4.78, 5) is 23.1. The van der Waals surface area contributed by atoms with Crippen LogP contribution in [0.15, 0.2) is 35.1 Å². The molecule has 6 nitrogen and oxygen atoms in total. The summed E-state index contributed by atoms with van der Waals surface area (Å²) in [5.74, 6) is 0.296. The second-order valence-electron chi connectivity index (χ2n) is 4.85. The lowest BCUT2D eigenvalue weighted by molar-refractivity contribution is -0.384. The summed E-state index contributed by atoms with van der Waals surface area (Å²) in [7, 11) is 0. The first-order chi connectivity index (χ1) is 12.1. The molecule has 0 saturated heterocycles. The summed E-state index contributed by atoms with van der Waals surface area (Å²) < 4.78 is 1.43. The van der Waals surface area contributed by atoms with Crippen molar-refractivity contribution in [2.75, 3.05) is 11.9 Å². The maximum Gasteiger partial charge on any atom is 0.310 e. The number of hydrogen-bond acceptors (Lipinski definition) is 4. The molecule has 0 radical (unpaired) electrons. The first kappa shape index (κ1) is 20.7. The average molecular weight is 366 g/mol. The maximum atomic E-state index is 12.4. The minimum Gasteiger partial charge on any atom is -0.364 e. The number of nitrogens with zero attached hydrogens (tertiary/aromatic N) is 2. The van der Waals surface area contributed by atoms with Crippen molar-refractivity contribution in [3.05, 3.63) is 66.9 Å². The van der Waals surface area contributed by atoms with Gasteiger partial charge in [0.05, 0.1) is 4.92 Å². The Morgan fingerprint density at radius 2 is 1.80 bits per heavy atom. The molecule has 1 aromatic heterocycles. The van der Waals surface area contributed by atoms with E-state index in [1.807, 2.05) is 39.8 Å². The molecule has 0 amide bonds.